The van der Waals surface area contributed by atoms with E-state index in [9.17, 15) is 0 Å². The summed E-state index contributed by atoms with van der Waals surface area (Å²) in [4.78, 5) is 0. The van der Waals surface area contributed by atoms with Gasteiger partial charge in [0, 0.05) is 29.9 Å². The summed E-state index contributed by atoms with van der Waals surface area (Å²) in [6.45, 7) is 6.05. The zero-order valence-corrected chi connectivity index (χ0v) is 12.5. The van der Waals surface area contributed by atoms with Crippen LogP contribution in [0, 0.1) is 6.92 Å². The molecule has 0 saturated heterocycles. The van der Waals surface area contributed by atoms with Gasteiger partial charge in [-0.3, -0.25) is 4.68 Å². The molecule has 0 amide bonds. The van der Waals surface area contributed by atoms with Crippen molar-refractivity contribution >= 4 is 11.6 Å². The van der Waals surface area contributed by atoms with Gasteiger partial charge in [-0.05, 0) is 37.1 Å². The van der Waals surface area contributed by atoms with Crippen LogP contribution in [0.3, 0.4) is 0 Å². The lowest BCUT2D eigenvalue weighted by atomic mass is 10.0. The molecule has 1 heterocycles. The van der Waals surface area contributed by atoms with E-state index in [1.807, 2.05) is 24.0 Å². The van der Waals surface area contributed by atoms with Crippen LogP contribution in [-0.4, -0.2) is 16.3 Å². The van der Waals surface area contributed by atoms with Crippen molar-refractivity contribution in [2.75, 3.05) is 6.54 Å². The maximum absolute atomic E-state index is 6.35. The summed E-state index contributed by atoms with van der Waals surface area (Å²) in [6.07, 6.45) is 3.01. The SMILES string of the molecule is CCCNCc1ccc(-c2cnn(C)c2C)cc1Cl. The van der Waals surface area contributed by atoms with E-state index in [1.165, 1.54) is 0 Å². The first kappa shape index (κ1) is 14.1. The third kappa shape index (κ3) is 3.17. The van der Waals surface area contributed by atoms with E-state index in [1.54, 1.807) is 0 Å². The molecule has 0 spiro atoms. The molecule has 2 rings (SSSR count). The maximum atomic E-state index is 6.35. The van der Waals surface area contributed by atoms with Gasteiger partial charge >= 0.3 is 0 Å². The molecule has 1 aromatic heterocycles. The normalized spacial score (nSPS) is 10.9. The van der Waals surface area contributed by atoms with Gasteiger partial charge in [-0.2, -0.15) is 5.10 Å². The highest BCUT2D eigenvalue weighted by Crippen LogP contribution is 2.27. The molecular formula is C15H20ClN3. The molecule has 4 heteroatoms. The predicted octanol–water partition coefficient (Wildman–Crippen LogP) is 3.55. The van der Waals surface area contributed by atoms with E-state index >= 15 is 0 Å². The molecule has 2 aromatic rings. The number of nitrogens with zero attached hydrogens (tertiary/aromatic N) is 2. The third-order valence-corrected chi connectivity index (χ3v) is 3.69. The Balaban J connectivity index is 2.21. The van der Waals surface area contributed by atoms with Crippen LogP contribution < -0.4 is 5.32 Å². The van der Waals surface area contributed by atoms with Crippen molar-refractivity contribution in [3.05, 3.63) is 40.7 Å². The quantitative estimate of drug-likeness (QED) is 0.847. The van der Waals surface area contributed by atoms with Crippen LogP contribution >= 0.6 is 11.6 Å². The summed E-state index contributed by atoms with van der Waals surface area (Å²) in [5, 5.41) is 8.44. The fourth-order valence-corrected chi connectivity index (χ4v) is 2.29. The number of aryl methyl sites for hydroxylation is 1. The number of nitrogens with one attached hydrogen (secondary N) is 1. The lowest BCUT2D eigenvalue weighted by Gasteiger charge is -2.08. The Morgan fingerprint density at radius 2 is 2.16 bits per heavy atom. The minimum Gasteiger partial charge on any atom is -0.313 e. The van der Waals surface area contributed by atoms with E-state index in [0.29, 0.717) is 0 Å². The average Bonchev–Trinajstić information content (AvgIpc) is 2.72. The molecule has 0 bridgehead atoms. The van der Waals surface area contributed by atoms with Gasteiger partial charge in [0.25, 0.3) is 0 Å². The van der Waals surface area contributed by atoms with Crippen LogP contribution in [0.15, 0.2) is 24.4 Å². The molecule has 0 atom stereocenters. The summed E-state index contributed by atoms with van der Waals surface area (Å²) < 4.78 is 1.87. The Morgan fingerprint density at radius 3 is 2.74 bits per heavy atom. The fraction of sp³-hybridized carbons (Fsp3) is 0.400. The highest BCUT2D eigenvalue weighted by molar-refractivity contribution is 6.31. The number of halogens is 1. The molecule has 0 aliphatic carbocycles. The highest BCUT2D eigenvalue weighted by atomic mass is 35.5. The van der Waals surface area contributed by atoms with Crippen LogP contribution in [0.4, 0.5) is 0 Å². The Morgan fingerprint density at radius 1 is 1.37 bits per heavy atom. The summed E-state index contributed by atoms with van der Waals surface area (Å²) in [7, 11) is 1.95. The minimum absolute atomic E-state index is 0.810. The van der Waals surface area contributed by atoms with Gasteiger partial charge in [-0.1, -0.05) is 30.7 Å². The van der Waals surface area contributed by atoms with Crippen LogP contribution in [0.1, 0.15) is 24.6 Å². The molecule has 3 nitrogen and oxygen atoms in total. The summed E-state index contributed by atoms with van der Waals surface area (Å²) in [5.41, 5.74) is 4.54. The molecule has 1 N–H and O–H groups in total. The van der Waals surface area contributed by atoms with Crippen molar-refractivity contribution < 1.29 is 0 Å². The smallest absolute Gasteiger partial charge is 0.0571 e. The predicted molar refractivity (Wildman–Crippen MR) is 80.4 cm³/mol. The van der Waals surface area contributed by atoms with Crippen molar-refractivity contribution in [2.24, 2.45) is 7.05 Å². The number of rotatable bonds is 5. The van der Waals surface area contributed by atoms with Gasteiger partial charge in [0.2, 0.25) is 0 Å². The molecule has 102 valence electrons. The number of hydrogen-bond acceptors (Lipinski definition) is 2. The van der Waals surface area contributed by atoms with E-state index in [2.05, 4.69) is 36.4 Å². The summed E-state index contributed by atoms with van der Waals surface area (Å²) in [5.74, 6) is 0. The second kappa shape index (κ2) is 6.22. The molecule has 0 radical (unpaired) electrons. The molecule has 0 aliphatic rings. The fourth-order valence-electron chi connectivity index (χ4n) is 2.04. The lowest BCUT2D eigenvalue weighted by molar-refractivity contribution is 0.675. The second-order valence-electron chi connectivity index (χ2n) is 4.75. The third-order valence-electron chi connectivity index (χ3n) is 3.34. The Hall–Kier alpha value is -1.32. The van der Waals surface area contributed by atoms with Gasteiger partial charge in [-0.25, -0.2) is 0 Å². The first-order valence-electron chi connectivity index (χ1n) is 6.61. The first-order valence-corrected chi connectivity index (χ1v) is 6.99. The van der Waals surface area contributed by atoms with E-state index < -0.39 is 0 Å². The van der Waals surface area contributed by atoms with E-state index in [0.717, 1.165) is 46.9 Å². The first-order chi connectivity index (χ1) is 9.13. The lowest BCUT2D eigenvalue weighted by Crippen LogP contribution is -2.13. The second-order valence-corrected chi connectivity index (χ2v) is 5.16. The van der Waals surface area contributed by atoms with Gasteiger partial charge in [0.05, 0.1) is 6.20 Å². The number of hydrogen-bond donors (Lipinski definition) is 1. The molecule has 0 aliphatic heterocycles. The molecule has 0 unspecified atom stereocenters. The molecule has 0 fully saturated rings. The van der Waals surface area contributed by atoms with Gasteiger partial charge in [0.15, 0.2) is 0 Å². The van der Waals surface area contributed by atoms with Crippen LogP contribution in [-0.2, 0) is 13.6 Å². The number of benzene rings is 1. The van der Waals surface area contributed by atoms with Crippen LogP contribution in [0.5, 0.6) is 0 Å². The Labute approximate surface area is 119 Å². The van der Waals surface area contributed by atoms with Gasteiger partial charge in [0.1, 0.15) is 0 Å². The minimum atomic E-state index is 0.810. The van der Waals surface area contributed by atoms with Crippen LogP contribution in [0.2, 0.25) is 5.02 Å². The van der Waals surface area contributed by atoms with Crippen molar-refractivity contribution in [3.8, 4) is 11.1 Å². The average molecular weight is 278 g/mol. The summed E-state index contributed by atoms with van der Waals surface area (Å²) >= 11 is 6.35. The largest absolute Gasteiger partial charge is 0.313 e. The maximum Gasteiger partial charge on any atom is 0.0571 e. The van der Waals surface area contributed by atoms with E-state index in [4.69, 9.17) is 11.6 Å². The van der Waals surface area contributed by atoms with Gasteiger partial charge in [-0.15, -0.1) is 0 Å². The summed E-state index contributed by atoms with van der Waals surface area (Å²) in [6, 6.07) is 6.22. The number of aromatic nitrogens is 2. The van der Waals surface area contributed by atoms with Crippen molar-refractivity contribution in [2.45, 2.75) is 26.8 Å². The van der Waals surface area contributed by atoms with Crippen molar-refractivity contribution in [3.63, 3.8) is 0 Å². The molecule has 1 aromatic carbocycles. The van der Waals surface area contributed by atoms with Crippen molar-refractivity contribution in [1.82, 2.24) is 15.1 Å². The standard InChI is InChI=1S/C15H20ClN3/c1-4-7-17-9-13-6-5-12(8-15(13)16)14-10-18-19(3)11(14)2/h5-6,8,10,17H,4,7,9H2,1-3H3. The van der Waals surface area contributed by atoms with E-state index in [-0.39, 0.29) is 0 Å². The van der Waals surface area contributed by atoms with Crippen LogP contribution in [0.25, 0.3) is 11.1 Å². The van der Waals surface area contributed by atoms with Crippen molar-refractivity contribution in [1.29, 1.82) is 0 Å². The monoisotopic (exact) mass is 277 g/mol. The zero-order chi connectivity index (χ0) is 13.8. The molecule has 19 heavy (non-hydrogen) atoms. The topological polar surface area (TPSA) is 29.9 Å². The Bertz CT molecular complexity index is 561. The molecular weight excluding hydrogens is 258 g/mol. The van der Waals surface area contributed by atoms with Gasteiger partial charge < -0.3 is 5.32 Å². The highest BCUT2D eigenvalue weighted by Gasteiger charge is 2.08. The molecule has 0 saturated carbocycles. The zero-order valence-electron chi connectivity index (χ0n) is 11.7. The Kier molecular flexibility index (Phi) is 4.61.